The minimum atomic E-state index is 0.0238. The van der Waals surface area contributed by atoms with Crippen molar-refractivity contribution in [2.24, 2.45) is 5.92 Å². The molecule has 0 bridgehead atoms. The Morgan fingerprint density at radius 1 is 1.17 bits per heavy atom. The van der Waals surface area contributed by atoms with Gasteiger partial charge in [0, 0.05) is 36.8 Å². The van der Waals surface area contributed by atoms with E-state index in [4.69, 9.17) is 4.74 Å². The van der Waals surface area contributed by atoms with Crippen LogP contribution in [0.4, 0.5) is 5.95 Å². The van der Waals surface area contributed by atoms with Crippen molar-refractivity contribution in [2.45, 2.75) is 30.4 Å². The Kier molecular flexibility index (Phi) is 8.69. The Morgan fingerprint density at radius 3 is 2.66 bits per heavy atom. The molecule has 0 radical (unpaired) electrons. The molecule has 9 heteroatoms. The van der Waals surface area contributed by atoms with Crippen LogP contribution in [-0.4, -0.2) is 65.0 Å². The zero-order chi connectivity index (χ0) is 20.5. The maximum Gasteiger partial charge on any atom is 0.230 e. The fraction of sp³-hybridized carbons (Fsp3) is 0.550. The molecule has 0 atom stereocenters. The lowest BCUT2D eigenvalue weighted by molar-refractivity contribution is -0.118. The van der Waals surface area contributed by atoms with Gasteiger partial charge in [-0.3, -0.25) is 9.36 Å². The van der Waals surface area contributed by atoms with E-state index in [1.54, 1.807) is 11.8 Å². The fourth-order valence-electron chi connectivity index (χ4n) is 2.97. The number of anilines is 1. The van der Waals surface area contributed by atoms with Crippen molar-refractivity contribution in [3.05, 3.63) is 30.3 Å². The van der Waals surface area contributed by atoms with Crippen LogP contribution in [0.15, 0.2) is 40.4 Å². The van der Waals surface area contributed by atoms with Crippen molar-refractivity contribution in [3.63, 3.8) is 0 Å². The second-order valence-electron chi connectivity index (χ2n) is 7.19. The second kappa shape index (κ2) is 11.5. The van der Waals surface area contributed by atoms with E-state index in [1.807, 2.05) is 18.2 Å². The Morgan fingerprint density at radius 2 is 1.93 bits per heavy atom. The number of aromatic nitrogens is 3. The lowest BCUT2D eigenvalue weighted by atomic mass is 10.2. The lowest BCUT2D eigenvalue weighted by Crippen LogP contribution is -2.38. The number of nitrogens with zero attached hydrogens (tertiary/aromatic N) is 4. The van der Waals surface area contributed by atoms with Gasteiger partial charge in [-0.2, -0.15) is 0 Å². The average molecular weight is 436 g/mol. The highest BCUT2D eigenvalue weighted by atomic mass is 32.2. The number of hydrogen-bond donors (Lipinski definition) is 1. The molecule has 1 aliphatic heterocycles. The molecule has 7 nitrogen and oxygen atoms in total. The van der Waals surface area contributed by atoms with Crippen LogP contribution in [0.25, 0.3) is 0 Å². The maximum absolute atomic E-state index is 12.2. The standard InChI is InChI=1S/C20H29N5O2S2/c1-16(2)14-25-19(24-9-11-27-12-10-24)22-23-20(25)29-15-18(26)21-8-13-28-17-6-4-3-5-7-17/h3-7,16H,8-15H2,1-2H3,(H,21,26). The summed E-state index contributed by atoms with van der Waals surface area (Å²) < 4.78 is 7.58. The number of nitrogens with one attached hydrogen (secondary N) is 1. The fourth-order valence-corrected chi connectivity index (χ4v) is 4.53. The number of amides is 1. The van der Waals surface area contributed by atoms with Crippen LogP contribution >= 0.6 is 23.5 Å². The predicted octanol–water partition coefficient (Wildman–Crippen LogP) is 2.77. The molecule has 0 saturated carbocycles. The van der Waals surface area contributed by atoms with E-state index in [9.17, 15) is 4.79 Å². The second-order valence-corrected chi connectivity index (χ2v) is 9.30. The molecule has 1 fully saturated rings. The van der Waals surface area contributed by atoms with Crippen LogP contribution in [0.3, 0.4) is 0 Å². The molecule has 2 heterocycles. The minimum Gasteiger partial charge on any atom is -0.378 e. The van der Waals surface area contributed by atoms with E-state index in [0.29, 0.717) is 31.4 Å². The van der Waals surface area contributed by atoms with Crippen molar-refractivity contribution < 1.29 is 9.53 Å². The van der Waals surface area contributed by atoms with Crippen LogP contribution in [0, 0.1) is 5.92 Å². The largest absolute Gasteiger partial charge is 0.378 e. The average Bonchev–Trinajstić information content (AvgIpc) is 3.13. The van der Waals surface area contributed by atoms with Gasteiger partial charge in [0.1, 0.15) is 0 Å². The summed E-state index contributed by atoms with van der Waals surface area (Å²) in [5, 5.41) is 12.6. The lowest BCUT2D eigenvalue weighted by Gasteiger charge is -2.28. The monoisotopic (exact) mass is 435 g/mol. The Balaban J connectivity index is 1.48. The first-order valence-corrected chi connectivity index (χ1v) is 11.9. The molecule has 1 aromatic carbocycles. The smallest absolute Gasteiger partial charge is 0.230 e. The third-order valence-electron chi connectivity index (χ3n) is 4.31. The summed E-state index contributed by atoms with van der Waals surface area (Å²) in [6.45, 7) is 8.89. The van der Waals surface area contributed by atoms with Crippen LogP contribution in [0.5, 0.6) is 0 Å². The molecular weight excluding hydrogens is 406 g/mol. The summed E-state index contributed by atoms with van der Waals surface area (Å²) in [6.07, 6.45) is 0. The summed E-state index contributed by atoms with van der Waals surface area (Å²) in [5.41, 5.74) is 0. The number of benzene rings is 1. The molecule has 1 aromatic heterocycles. The molecule has 0 unspecified atom stereocenters. The van der Waals surface area contributed by atoms with Gasteiger partial charge in [0.05, 0.1) is 19.0 Å². The van der Waals surface area contributed by atoms with Crippen LogP contribution < -0.4 is 10.2 Å². The molecule has 158 valence electrons. The van der Waals surface area contributed by atoms with E-state index < -0.39 is 0 Å². The van der Waals surface area contributed by atoms with Gasteiger partial charge >= 0.3 is 0 Å². The number of ether oxygens (including phenoxy) is 1. The number of morpholine rings is 1. The van der Waals surface area contributed by atoms with Gasteiger partial charge in [-0.25, -0.2) is 0 Å². The van der Waals surface area contributed by atoms with Crippen molar-refractivity contribution in [2.75, 3.05) is 49.3 Å². The Bertz CT molecular complexity index is 763. The first-order valence-electron chi connectivity index (χ1n) is 9.96. The third kappa shape index (κ3) is 6.94. The van der Waals surface area contributed by atoms with Gasteiger partial charge in [0.2, 0.25) is 11.9 Å². The van der Waals surface area contributed by atoms with E-state index in [1.165, 1.54) is 16.7 Å². The quantitative estimate of drug-likeness (QED) is 0.454. The minimum absolute atomic E-state index is 0.0238. The summed E-state index contributed by atoms with van der Waals surface area (Å²) in [5.74, 6) is 2.56. The van der Waals surface area contributed by atoms with E-state index in [-0.39, 0.29) is 5.91 Å². The van der Waals surface area contributed by atoms with E-state index in [2.05, 4.69) is 51.0 Å². The van der Waals surface area contributed by atoms with Crippen molar-refractivity contribution in [1.82, 2.24) is 20.1 Å². The molecule has 1 aliphatic rings. The van der Waals surface area contributed by atoms with Gasteiger partial charge in [0.15, 0.2) is 5.16 Å². The molecular formula is C20H29N5O2S2. The molecule has 0 spiro atoms. The van der Waals surface area contributed by atoms with Crippen molar-refractivity contribution >= 4 is 35.4 Å². The topological polar surface area (TPSA) is 72.3 Å². The number of hydrogen-bond acceptors (Lipinski definition) is 7. The van der Waals surface area contributed by atoms with Gasteiger partial charge < -0.3 is 15.0 Å². The van der Waals surface area contributed by atoms with Gasteiger partial charge in [0.25, 0.3) is 0 Å². The van der Waals surface area contributed by atoms with Gasteiger partial charge in [-0.1, -0.05) is 43.8 Å². The highest BCUT2D eigenvalue weighted by molar-refractivity contribution is 7.99. The number of carbonyl (C=O) groups is 1. The summed E-state index contributed by atoms with van der Waals surface area (Å²) in [6, 6.07) is 10.2. The first-order chi connectivity index (χ1) is 14.1. The summed E-state index contributed by atoms with van der Waals surface area (Å²) in [4.78, 5) is 15.7. The maximum atomic E-state index is 12.2. The van der Waals surface area contributed by atoms with E-state index >= 15 is 0 Å². The Labute approximate surface area is 181 Å². The third-order valence-corrected chi connectivity index (χ3v) is 6.29. The number of carbonyl (C=O) groups excluding carboxylic acids is 1. The number of rotatable bonds is 10. The van der Waals surface area contributed by atoms with Crippen molar-refractivity contribution in [3.8, 4) is 0 Å². The zero-order valence-electron chi connectivity index (χ0n) is 17.0. The normalized spacial score (nSPS) is 14.4. The molecule has 3 rings (SSSR count). The summed E-state index contributed by atoms with van der Waals surface area (Å²) >= 11 is 3.19. The molecule has 1 saturated heterocycles. The van der Waals surface area contributed by atoms with Gasteiger partial charge in [-0.05, 0) is 18.1 Å². The highest BCUT2D eigenvalue weighted by Crippen LogP contribution is 2.24. The SMILES string of the molecule is CC(C)Cn1c(SCC(=O)NCCSc2ccccc2)nnc1N1CCOCC1. The van der Waals surface area contributed by atoms with Crippen LogP contribution in [0.1, 0.15) is 13.8 Å². The number of thioether (sulfide) groups is 2. The van der Waals surface area contributed by atoms with E-state index in [0.717, 1.165) is 36.5 Å². The summed E-state index contributed by atoms with van der Waals surface area (Å²) in [7, 11) is 0. The zero-order valence-corrected chi connectivity index (χ0v) is 18.7. The molecule has 1 N–H and O–H groups in total. The Hall–Kier alpha value is -1.71. The molecule has 29 heavy (non-hydrogen) atoms. The van der Waals surface area contributed by atoms with Crippen LogP contribution in [-0.2, 0) is 16.1 Å². The predicted molar refractivity (Wildman–Crippen MR) is 119 cm³/mol. The van der Waals surface area contributed by atoms with Crippen molar-refractivity contribution in [1.29, 1.82) is 0 Å². The van der Waals surface area contributed by atoms with Crippen LogP contribution in [0.2, 0.25) is 0 Å². The molecule has 0 aliphatic carbocycles. The van der Waals surface area contributed by atoms with Gasteiger partial charge in [-0.15, -0.1) is 22.0 Å². The molecule has 1 amide bonds. The first kappa shape index (κ1) is 22.0. The highest BCUT2D eigenvalue weighted by Gasteiger charge is 2.21. The molecule has 2 aromatic rings.